The molecule has 1 aromatic carbocycles. The molecule has 0 fully saturated rings. The molecule has 0 amide bonds. The summed E-state index contributed by atoms with van der Waals surface area (Å²) in [4.78, 5) is 24.6. The van der Waals surface area contributed by atoms with Crippen molar-refractivity contribution in [3.05, 3.63) is 46.2 Å². The standard InChI is InChI=1S/C10H6ClNO2/c11-10(14)7-3-1-2-6-4-5-8(13)12-9(6)7/h1-5H,(H,12,13). The monoisotopic (exact) mass is 207 g/mol. The average Bonchev–Trinajstić information content (AvgIpc) is 2.16. The van der Waals surface area contributed by atoms with Gasteiger partial charge in [0.15, 0.2) is 0 Å². The van der Waals surface area contributed by atoms with Gasteiger partial charge in [-0.3, -0.25) is 9.59 Å². The van der Waals surface area contributed by atoms with Gasteiger partial charge in [0.05, 0.1) is 11.1 Å². The van der Waals surface area contributed by atoms with Crippen LogP contribution in [0.5, 0.6) is 0 Å². The predicted molar refractivity (Wildman–Crippen MR) is 54.8 cm³/mol. The van der Waals surface area contributed by atoms with E-state index in [2.05, 4.69) is 4.98 Å². The molecule has 4 heteroatoms. The van der Waals surface area contributed by atoms with Gasteiger partial charge in [-0.15, -0.1) is 0 Å². The Balaban J connectivity index is 2.91. The first-order chi connectivity index (χ1) is 6.68. The fraction of sp³-hybridized carbons (Fsp3) is 0. The highest BCUT2D eigenvalue weighted by Gasteiger charge is 2.06. The minimum atomic E-state index is -0.572. The molecule has 0 spiro atoms. The summed E-state index contributed by atoms with van der Waals surface area (Å²) in [6, 6.07) is 8.15. The summed E-state index contributed by atoms with van der Waals surface area (Å²) in [6.45, 7) is 0. The van der Waals surface area contributed by atoms with Crippen LogP contribution in [0.25, 0.3) is 10.9 Å². The van der Waals surface area contributed by atoms with Crippen molar-refractivity contribution in [1.29, 1.82) is 0 Å². The topological polar surface area (TPSA) is 49.9 Å². The van der Waals surface area contributed by atoms with Gasteiger partial charge in [-0.2, -0.15) is 0 Å². The van der Waals surface area contributed by atoms with Crippen LogP contribution in [0.3, 0.4) is 0 Å². The molecular formula is C10H6ClNO2. The number of fused-ring (bicyclic) bond motifs is 1. The Labute approximate surface area is 84.3 Å². The van der Waals surface area contributed by atoms with Crippen LogP contribution in [-0.4, -0.2) is 10.2 Å². The van der Waals surface area contributed by atoms with Crippen LogP contribution in [0, 0.1) is 0 Å². The second-order valence-electron chi connectivity index (χ2n) is 2.87. The second-order valence-corrected chi connectivity index (χ2v) is 3.21. The van der Waals surface area contributed by atoms with Gasteiger partial charge in [0, 0.05) is 6.07 Å². The Kier molecular flexibility index (Phi) is 2.09. The number of benzene rings is 1. The number of carbonyl (C=O) groups excluding carboxylic acids is 1. The molecule has 0 aliphatic rings. The summed E-state index contributed by atoms with van der Waals surface area (Å²) in [5, 5.41) is 0.216. The number of hydrogen-bond donors (Lipinski definition) is 1. The molecule has 0 radical (unpaired) electrons. The molecule has 2 aromatic rings. The van der Waals surface area contributed by atoms with Crippen LogP contribution in [0.1, 0.15) is 10.4 Å². The van der Waals surface area contributed by atoms with Gasteiger partial charge in [-0.1, -0.05) is 12.1 Å². The van der Waals surface area contributed by atoms with Crippen molar-refractivity contribution in [3.8, 4) is 0 Å². The normalized spacial score (nSPS) is 10.4. The molecule has 0 bridgehead atoms. The number of rotatable bonds is 1. The number of H-pyrrole nitrogens is 1. The number of aromatic amines is 1. The minimum absolute atomic E-state index is 0.247. The Bertz CT molecular complexity index is 559. The molecule has 0 saturated carbocycles. The van der Waals surface area contributed by atoms with Crippen LogP contribution in [0.2, 0.25) is 0 Å². The van der Waals surface area contributed by atoms with Crippen LogP contribution < -0.4 is 5.56 Å². The number of nitrogens with one attached hydrogen (secondary N) is 1. The summed E-state index contributed by atoms with van der Waals surface area (Å²) in [6.07, 6.45) is 0. The molecule has 0 atom stereocenters. The van der Waals surface area contributed by atoms with Crippen LogP contribution in [-0.2, 0) is 0 Å². The number of pyridine rings is 1. The molecule has 1 N–H and O–H groups in total. The van der Waals surface area contributed by atoms with Gasteiger partial charge in [0.2, 0.25) is 5.56 Å². The van der Waals surface area contributed by atoms with E-state index in [-0.39, 0.29) is 5.56 Å². The third kappa shape index (κ3) is 1.42. The van der Waals surface area contributed by atoms with E-state index in [1.807, 2.05) is 0 Å². The Hall–Kier alpha value is -1.61. The smallest absolute Gasteiger partial charge is 0.254 e. The quantitative estimate of drug-likeness (QED) is 0.727. The fourth-order valence-electron chi connectivity index (χ4n) is 1.34. The van der Waals surface area contributed by atoms with E-state index in [1.54, 1.807) is 24.3 Å². The maximum absolute atomic E-state index is 11.0. The van der Waals surface area contributed by atoms with Crippen molar-refractivity contribution >= 4 is 27.7 Å². The molecule has 0 aliphatic heterocycles. The van der Waals surface area contributed by atoms with E-state index < -0.39 is 5.24 Å². The number of carbonyl (C=O) groups is 1. The zero-order chi connectivity index (χ0) is 10.1. The first kappa shape index (κ1) is 8.97. The van der Waals surface area contributed by atoms with Crippen molar-refractivity contribution in [3.63, 3.8) is 0 Å². The highest BCUT2D eigenvalue weighted by atomic mass is 35.5. The molecule has 1 aromatic heterocycles. The van der Waals surface area contributed by atoms with Crippen LogP contribution >= 0.6 is 11.6 Å². The highest BCUT2D eigenvalue weighted by Crippen LogP contribution is 2.16. The van der Waals surface area contributed by atoms with Crippen LogP contribution in [0.4, 0.5) is 0 Å². The first-order valence-electron chi connectivity index (χ1n) is 4.00. The molecule has 0 unspecified atom stereocenters. The molecule has 70 valence electrons. The number of hydrogen-bond acceptors (Lipinski definition) is 2. The van der Waals surface area contributed by atoms with E-state index in [4.69, 9.17) is 11.6 Å². The molecular weight excluding hydrogens is 202 g/mol. The zero-order valence-electron chi connectivity index (χ0n) is 7.08. The van der Waals surface area contributed by atoms with Crippen molar-refractivity contribution in [1.82, 2.24) is 4.98 Å². The van der Waals surface area contributed by atoms with Crippen molar-refractivity contribution in [2.24, 2.45) is 0 Å². The number of aromatic nitrogens is 1. The van der Waals surface area contributed by atoms with Gasteiger partial charge in [-0.25, -0.2) is 0 Å². The lowest BCUT2D eigenvalue weighted by Crippen LogP contribution is -2.05. The number of halogens is 1. The summed E-state index contributed by atoms with van der Waals surface area (Å²) in [5.41, 5.74) is 0.560. The molecule has 0 saturated heterocycles. The van der Waals surface area contributed by atoms with Crippen molar-refractivity contribution in [2.45, 2.75) is 0 Å². The molecule has 1 heterocycles. The summed E-state index contributed by atoms with van der Waals surface area (Å²) in [5.74, 6) is 0. The third-order valence-electron chi connectivity index (χ3n) is 1.97. The van der Waals surface area contributed by atoms with E-state index in [1.165, 1.54) is 6.07 Å². The summed E-state index contributed by atoms with van der Waals surface area (Å²) >= 11 is 5.37. The molecule has 14 heavy (non-hydrogen) atoms. The third-order valence-corrected chi connectivity index (χ3v) is 2.17. The lowest BCUT2D eigenvalue weighted by atomic mass is 10.1. The molecule has 3 nitrogen and oxygen atoms in total. The van der Waals surface area contributed by atoms with E-state index in [0.29, 0.717) is 11.1 Å². The minimum Gasteiger partial charge on any atom is -0.321 e. The largest absolute Gasteiger partial charge is 0.321 e. The SMILES string of the molecule is O=C(Cl)c1cccc2ccc(=O)[nH]c12. The summed E-state index contributed by atoms with van der Waals surface area (Å²) < 4.78 is 0. The Morgan fingerprint density at radius 1 is 1.21 bits per heavy atom. The Morgan fingerprint density at radius 2 is 2.00 bits per heavy atom. The Morgan fingerprint density at radius 3 is 2.71 bits per heavy atom. The number of para-hydroxylation sites is 1. The first-order valence-corrected chi connectivity index (χ1v) is 4.38. The lowest BCUT2D eigenvalue weighted by molar-refractivity contribution is 0.108. The maximum Gasteiger partial charge on any atom is 0.254 e. The zero-order valence-corrected chi connectivity index (χ0v) is 7.84. The molecule has 2 rings (SSSR count). The van der Waals surface area contributed by atoms with Crippen molar-refractivity contribution < 1.29 is 4.79 Å². The highest BCUT2D eigenvalue weighted by molar-refractivity contribution is 6.68. The van der Waals surface area contributed by atoms with Gasteiger partial charge >= 0.3 is 0 Å². The maximum atomic E-state index is 11.0. The average molecular weight is 208 g/mol. The van der Waals surface area contributed by atoms with E-state index in [9.17, 15) is 9.59 Å². The fourth-order valence-corrected chi connectivity index (χ4v) is 1.50. The van der Waals surface area contributed by atoms with E-state index >= 15 is 0 Å². The predicted octanol–water partition coefficient (Wildman–Crippen LogP) is 1.91. The van der Waals surface area contributed by atoms with Gasteiger partial charge in [-0.05, 0) is 29.1 Å². The van der Waals surface area contributed by atoms with Gasteiger partial charge < -0.3 is 4.98 Å². The van der Waals surface area contributed by atoms with Gasteiger partial charge in [0.25, 0.3) is 5.24 Å². The lowest BCUT2D eigenvalue weighted by Gasteiger charge is -2.00. The summed E-state index contributed by atoms with van der Waals surface area (Å²) in [7, 11) is 0. The van der Waals surface area contributed by atoms with E-state index in [0.717, 1.165) is 5.39 Å². The molecule has 0 aliphatic carbocycles. The van der Waals surface area contributed by atoms with Crippen molar-refractivity contribution in [2.75, 3.05) is 0 Å². The van der Waals surface area contributed by atoms with Gasteiger partial charge in [0.1, 0.15) is 0 Å². The second kappa shape index (κ2) is 3.27. The van der Waals surface area contributed by atoms with Crippen LogP contribution in [0.15, 0.2) is 35.1 Å².